The molecule has 2 atom stereocenters. The smallest absolute Gasteiger partial charge is 0.226 e. The van der Waals surface area contributed by atoms with Gasteiger partial charge in [-0.3, -0.25) is 9.78 Å². The Balaban J connectivity index is 1.52. The third kappa shape index (κ3) is 5.32. The van der Waals surface area contributed by atoms with Crippen LogP contribution in [-0.4, -0.2) is 32.0 Å². The average Bonchev–Trinajstić information content (AvgIpc) is 3.42. The first-order valence-corrected chi connectivity index (χ1v) is 13.9. The molecule has 0 spiro atoms. The number of pyridine rings is 1. The van der Waals surface area contributed by atoms with Crippen molar-refractivity contribution in [2.45, 2.75) is 52.6 Å². The molecule has 1 amide bonds. The summed E-state index contributed by atoms with van der Waals surface area (Å²) in [5.74, 6) is -0.0398. The Morgan fingerprint density at radius 2 is 1.79 bits per heavy atom. The molecule has 0 aliphatic carbocycles. The summed E-state index contributed by atoms with van der Waals surface area (Å²) in [4.78, 5) is 19.7. The van der Waals surface area contributed by atoms with Crippen LogP contribution in [-0.2, 0) is 11.2 Å². The number of para-hydroxylation sites is 2. The number of amides is 1. The molecule has 3 heterocycles. The Labute approximate surface area is 236 Å². The van der Waals surface area contributed by atoms with Crippen molar-refractivity contribution in [1.82, 2.24) is 19.8 Å². The van der Waals surface area contributed by atoms with E-state index in [-0.39, 0.29) is 18.0 Å². The summed E-state index contributed by atoms with van der Waals surface area (Å²) in [5.41, 5.74) is 9.07. The van der Waals surface area contributed by atoms with Gasteiger partial charge in [-0.1, -0.05) is 49.4 Å². The highest BCUT2D eigenvalue weighted by Gasteiger charge is 2.41. The highest BCUT2D eigenvalue weighted by atomic mass is 32.1. The lowest BCUT2D eigenvalue weighted by atomic mass is 9.96. The van der Waals surface area contributed by atoms with Gasteiger partial charge < -0.3 is 20.1 Å². The fourth-order valence-electron chi connectivity index (χ4n) is 5.71. The van der Waals surface area contributed by atoms with Crippen molar-refractivity contribution in [3.63, 3.8) is 0 Å². The number of anilines is 1. The number of carbonyl (C=O) groups is 1. The van der Waals surface area contributed by atoms with Gasteiger partial charge in [0.1, 0.15) is 0 Å². The van der Waals surface area contributed by atoms with E-state index in [0.29, 0.717) is 18.1 Å². The van der Waals surface area contributed by atoms with Gasteiger partial charge in [0.25, 0.3) is 0 Å². The van der Waals surface area contributed by atoms with Crippen LogP contribution in [0.3, 0.4) is 0 Å². The lowest BCUT2D eigenvalue weighted by Crippen LogP contribution is -2.32. The SMILES string of the molecule is CCc1cccc(C)c1-n1c(C)cc([C@@H]2[C@H](c3ccccn3)NC(=S)N2CCC(=O)Nc2ccccc2)c1C. The van der Waals surface area contributed by atoms with Crippen LogP contribution in [0.25, 0.3) is 5.69 Å². The molecule has 39 heavy (non-hydrogen) atoms. The summed E-state index contributed by atoms with van der Waals surface area (Å²) >= 11 is 5.86. The van der Waals surface area contributed by atoms with Crippen molar-refractivity contribution in [2.24, 2.45) is 0 Å². The van der Waals surface area contributed by atoms with Crippen molar-refractivity contribution >= 4 is 28.9 Å². The van der Waals surface area contributed by atoms with Gasteiger partial charge in [-0.05, 0) is 86.4 Å². The zero-order chi connectivity index (χ0) is 27.5. The van der Waals surface area contributed by atoms with Crippen LogP contribution in [0.15, 0.2) is 79.0 Å². The molecule has 1 aliphatic rings. The second-order valence-corrected chi connectivity index (χ2v) is 10.5. The lowest BCUT2D eigenvalue weighted by molar-refractivity contribution is -0.116. The van der Waals surface area contributed by atoms with Gasteiger partial charge in [0.05, 0.1) is 23.5 Å². The zero-order valence-electron chi connectivity index (χ0n) is 22.9. The van der Waals surface area contributed by atoms with Crippen molar-refractivity contribution < 1.29 is 4.79 Å². The van der Waals surface area contributed by atoms with Gasteiger partial charge in [0, 0.05) is 36.2 Å². The Hall–Kier alpha value is -3.97. The summed E-state index contributed by atoms with van der Waals surface area (Å²) in [6.45, 7) is 9.22. The van der Waals surface area contributed by atoms with E-state index in [2.05, 4.69) is 77.0 Å². The van der Waals surface area contributed by atoms with E-state index in [9.17, 15) is 4.79 Å². The van der Waals surface area contributed by atoms with Gasteiger partial charge in [0.15, 0.2) is 5.11 Å². The summed E-state index contributed by atoms with van der Waals surface area (Å²) in [5, 5.41) is 7.16. The van der Waals surface area contributed by atoms with Crippen LogP contribution < -0.4 is 10.6 Å². The highest BCUT2D eigenvalue weighted by molar-refractivity contribution is 7.80. The molecule has 6 nitrogen and oxygen atoms in total. The molecule has 0 saturated carbocycles. The molecule has 1 aliphatic heterocycles. The number of hydrogen-bond donors (Lipinski definition) is 2. The minimum absolute atomic E-state index is 0.0398. The first-order chi connectivity index (χ1) is 18.9. The van der Waals surface area contributed by atoms with Crippen LogP contribution in [0.1, 0.15) is 59.2 Å². The number of rotatable bonds is 8. The summed E-state index contributed by atoms with van der Waals surface area (Å²) in [6.07, 6.45) is 3.09. The van der Waals surface area contributed by atoms with E-state index in [1.54, 1.807) is 0 Å². The molecular weight excluding hydrogens is 502 g/mol. The number of carbonyl (C=O) groups excluding carboxylic acids is 1. The Kier molecular flexibility index (Phi) is 7.79. The number of nitrogens with zero attached hydrogens (tertiary/aromatic N) is 3. The number of benzene rings is 2. The maximum absolute atomic E-state index is 12.9. The Morgan fingerprint density at radius 1 is 1.03 bits per heavy atom. The van der Waals surface area contributed by atoms with Crippen LogP contribution >= 0.6 is 12.2 Å². The number of hydrogen-bond acceptors (Lipinski definition) is 3. The van der Waals surface area contributed by atoms with Gasteiger partial charge in [-0.25, -0.2) is 0 Å². The minimum atomic E-state index is -0.132. The monoisotopic (exact) mass is 537 g/mol. The fourth-order valence-corrected chi connectivity index (χ4v) is 6.04. The largest absolute Gasteiger partial charge is 0.352 e. The normalized spacial score (nSPS) is 16.8. The van der Waals surface area contributed by atoms with Crippen LogP contribution in [0, 0.1) is 20.8 Å². The van der Waals surface area contributed by atoms with Crippen molar-refractivity contribution in [1.29, 1.82) is 0 Å². The first-order valence-electron chi connectivity index (χ1n) is 13.5. The van der Waals surface area contributed by atoms with E-state index in [1.165, 1.54) is 33.8 Å². The Bertz CT molecular complexity index is 1480. The minimum Gasteiger partial charge on any atom is -0.352 e. The van der Waals surface area contributed by atoms with Gasteiger partial charge in [0.2, 0.25) is 5.91 Å². The van der Waals surface area contributed by atoms with E-state index in [4.69, 9.17) is 12.2 Å². The fraction of sp³-hybridized carbons (Fsp3) is 0.281. The van der Waals surface area contributed by atoms with Crippen molar-refractivity contribution in [3.8, 4) is 5.69 Å². The second-order valence-electron chi connectivity index (χ2n) is 10.1. The number of aryl methyl sites for hydroxylation is 3. The molecule has 1 saturated heterocycles. The molecule has 4 aromatic rings. The molecule has 0 bridgehead atoms. The topological polar surface area (TPSA) is 62.2 Å². The molecular formula is C32H35N5OS. The third-order valence-corrected chi connectivity index (χ3v) is 7.90. The molecule has 2 N–H and O–H groups in total. The van der Waals surface area contributed by atoms with E-state index < -0.39 is 0 Å². The van der Waals surface area contributed by atoms with E-state index in [0.717, 1.165) is 17.8 Å². The maximum atomic E-state index is 12.9. The molecule has 200 valence electrons. The molecule has 1 fully saturated rings. The second kappa shape index (κ2) is 11.4. The van der Waals surface area contributed by atoms with Crippen molar-refractivity contribution in [3.05, 3.63) is 113 Å². The number of nitrogens with one attached hydrogen (secondary N) is 2. The van der Waals surface area contributed by atoms with Gasteiger partial charge >= 0.3 is 0 Å². The molecule has 5 rings (SSSR count). The zero-order valence-corrected chi connectivity index (χ0v) is 23.8. The van der Waals surface area contributed by atoms with Gasteiger partial charge in [-0.15, -0.1) is 0 Å². The molecule has 7 heteroatoms. The maximum Gasteiger partial charge on any atom is 0.226 e. The van der Waals surface area contributed by atoms with Crippen LogP contribution in [0.4, 0.5) is 5.69 Å². The predicted octanol–water partition coefficient (Wildman–Crippen LogP) is 6.36. The summed E-state index contributed by atoms with van der Waals surface area (Å²) in [6, 6.07) is 24.1. The predicted molar refractivity (Wildman–Crippen MR) is 161 cm³/mol. The summed E-state index contributed by atoms with van der Waals surface area (Å²) in [7, 11) is 0. The van der Waals surface area contributed by atoms with Gasteiger partial charge in [-0.2, -0.15) is 0 Å². The molecule has 2 aromatic heterocycles. The van der Waals surface area contributed by atoms with E-state index >= 15 is 0 Å². The standard InChI is InChI=1S/C32H35N5OS/c1-5-24-13-11-12-21(2)30(24)37-22(3)20-26(23(37)4)31-29(27-16-9-10-18-33-27)35-32(39)36(31)19-17-28(38)34-25-14-7-6-8-15-25/h6-16,18,20,29,31H,5,17,19H2,1-4H3,(H,34,38)(H,35,39)/t29-,31+/m0/s1. The molecule has 0 radical (unpaired) electrons. The molecule has 2 aromatic carbocycles. The average molecular weight is 538 g/mol. The van der Waals surface area contributed by atoms with Crippen molar-refractivity contribution in [2.75, 3.05) is 11.9 Å². The lowest BCUT2D eigenvalue weighted by Gasteiger charge is -2.28. The first kappa shape index (κ1) is 26.6. The number of aromatic nitrogens is 2. The van der Waals surface area contributed by atoms with Crippen LogP contribution in [0.2, 0.25) is 0 Å². The Morgan fingerprint density at radius 3 is 2.51 bits per heavy atom. The quantitative estimate of drug-likeness (QED) is 0.256. The van der Waals surface area contributed by atoms with Crippen LogP contribution in [0.5, 0.6) is 0 Å². The highest BCUT2D eigenvalue weighted by Crippen LogP contribution is 2.42. The third-order valence-electron chi connectivity index (χ3n) is 7.55. The summed E-state index contributed by atoms with van der Waals surface area (Å²) < 4.78 is 2.38. The number of thiocarbonyl (C=S) groups is 1. The van der Waals surface area contributed by atoms with E-state index in [1.807, 2.05) is 54.7 Å². The molecule has 0 unspecified atom stereocenters.